The fraction of sp³-hybridized carbons (Fsp3) is 0.200. The molecule has 0 saturated carbocycles. The van der Waals surface area contributed by atoms with E-state index < -0.39 is 10.0 Å². The van der Waals surface area contributed by atoms with Gasteiger partial charge in [0.15, 0.2) is 0 Å². The zero-order valence-electron chi connectivity index (χ0n) is 9.91. The van der Waals surface area contributed by atoms with Gasteiger partial charge in [0.25, 0.3) is 5.91 Å². The van der Waals surface area contributed by atoms with Gasteiger partial charge in [-0.3, -0.25) is 4.79 Å². The maximum Gasteiger partial charge on any atom is 0.271 e. The molecule has 0 saturated heterocycles. The molecule has 1 amide bonds. The second-order valence-electron chi connectivity index (χ2n) is 3.70. The number of aryl methyl sites for hydroxylation is 1. The van der Waals surface area contributed by atoms with Crippen LogP contribution in [0.5, 0.6) is 0 Å². The number of nitrogens with zero attached hydrogens (tertiary/aromatic N) is 1. The van der Waals surface area contributed by atoms with E-state index in [1.807, 2.05) is 6.92 Å². The van der Waals surface area contributed by atoms with Crippen molar-refractivity contribution >= 4 is 38.6 Å². The number of hydrogen-bond donors (Lipinski definition) is 2. The molecule has 0 fully saturated rings. The van der Waals surface area contributed by atoms with Crippen molar-refractivity contribution in [1.82, 2.24) is 10.3 Å². The normalized spacial score (nSPS) is 11.5. The van der Waals surface area contributed by atoms with Gasteiger partial charge < -0.3 is 5.32 Å². The van der Waals surface area contributed by atoms with E-state index >= 15 is 0 Å². The molecular formula is C10H11N3O3S3. The van der Waals surface area contributed by atoms with Crippen LogP contribution in [0.15, 0.2) is 21.7 Å². The predicted octanol–water partition coefficient (Wildman–Crippen LogP) is 1.09. The van der Waals surface area contributed by atoms with Crippen LogP contribution >= 0.6 is 22.7 Å². The molecule has 0 atom stereocenters. The first kappa shape index (κ1) is 14.1. The highest BCUT2D eigenvalue weighted by molar-refractivity contribution is 7.91. The number of rotatable bonds is 4. The Bertz CT molecular complexity index is 702. The van der Waals surface area contributed by atoms with Gasteiger partial charge in [0.2, 0.25) is 10.0 Å². The summed E-state index contributed by atoms with van der Waals surface area (Å²) in [5.74, 6) is -0.282. The molecule has 3 N–H and O–H groups in total. The van der Waals surface area contributed by atoms with Gasteiger partial charge in [-0.25, -0.2) is 18.5 Å². The molecule has 9 heteroatoms. The third-order valence-electron chi connectivity index (χ3n) is 2.19. The molecule has 0 bridgehead atoms. The van der Waals surface area contributed by atoms with Gasteiger partial charge in [0.1, 0.15) is 9.90 Å². The van der Waals surface area contributed by atoms with E-state index in [-0.39, 0.29) is 16.7 Å². The topological polar surface area (TPSA) is 102 Å². The van der Waals surface area contributed by atoms with E-state index in [0.29, 0.717) is 10.6 Å². The number of sulfonamides is 1. The van der Waals surface area contributed by atoms with E-state index in [9.17, 15) is 13.2 Å². The lowest BCUT2D eigenvalue weighted by Gasteiger charge is -2.00. The van der Waals surface area contributed by atoms with Crippen molar-refractivity contribution in [3.8, 4) is 0 Å². The molecule has 0 radical (unpaired) electrons. The Morgan fingerprint density at radius 3 is 2.74 bits per heavy atom. The number of nitrogens with one attached hydrogen (secondary N) is 1. The van der Waals surface area contributed by atoms with E-state index in [0.717, 1.165) is 16.3 Å². The maximum absolute atomic E-state index is 11.7. The zero-order valence-corrected chi connectivity index (χ0v) is 12.4. The standard InChI is InChI=1S/C10H11N3O3S3/c1-6-13-8(5-17-6)10(14)12-4-7-2-3-9(18-7)19(11,15)16/h2-3,5H,4H2,1H3,(H,12,14)(H2,11,15,16). The summed E-state index contributed by atoms with van der Waals surface area (Å²) in [6.45, 7) is 2.06. The lowest BCUT2D eigenvalue weighted by molar-refractivity contribution is 0.0947. The Morgan fingerprint density at radius 2 is 2.21 bits per heavy atom. The number of amides is 1. The van der Waals surface area contributed by atoms with Crippen LogP contribution in [0.4, 0.5) is 0 Å². The van der Waals surface area contributed by atoms with Crippen molar-refractivity contribution in [3.63, 3.8) is 0 Å². The molecule has 19 heavy (non-hydrogen) atoms. The van der Waals surface area contributed by atoms with E-state index in [2.05, 4.69) is 10.3 Å². The molecule has 0 spiro atoms. The lowest BCUT2D eigenvalue weighted by Crippen LogP contribution is -2.22. The number of carbonyl (C=O) groups excluding carboxylic acids is 1. The van der Waals surface area contributed by atoms with Crippen molar-refractivity contribution in [2.24, 2.45) is 5.14 Å². The number of thiazole rings is 1. The lowest BCUT2D eigenvalue weighted by atomic mass is 10.4. The minimum atomic E-state index is -3.67. The maximum atomic E-state index is 11.7. The molecule has 6 nitrogen and oxygen atoms in total. The van der Waals surface area contributed by atoms with Crippen LogP contribution in [0.25, 0.3) is 0 Å². The van der Waals surface area contributed by atoms with E-state index in [1.165, 1.54) is 17.4 Å². The molecule has 2 heterocycles. The minimum absolute atomic E-state index is 0.0845. The molecule has 102 valence electrons. The smallest absolute Gasteiger partial charge is 0.271 e. The Kier molecular flexibility index (Phi) is 3.99. The Labute approximate surface area is 118 Å². The van der Waals surface area contributed by atoms with Crippen molar-refractivity contribution in [2.45, 2.75) is 17.7 Å². The van der Waals surface area contributed by atoms with Crippen LogP contribution in [0.2, 0.25) is 0 Å². The average molecular weight is 317 g/mol. The van der Waals surface area contributed by atoms with Gasteiger partial charge in [-0.15, -0.1) is 22.7 Å². The first-order valence-electron chi connectivity index (χ1n) is 5.18. The van der Waals surface area contributed by atoms with Gasteiger partial charge in [-0.2, -0.15) is 0 Å². The third-order valence-corrected chi connectivity index (χ3v) is 5.49. The summed E-state index contributed by atoms with van der Waals surface area (Å²) in [6.07, 6.45) is 0. The van der Waals surface area contributed by atoms with Crippen LogP contribution < -0.4 is 10.5 Å². The number of carbonyl (C=O) groups is 1. The summed E-state index contributed by atoms with van der Waals surface area (Å²) >= 11 is 2.43. The quantitative estimate of drug-likeness (QED) is 0.881. The molecule has 2 rings (SSSR count). The third kappa shape index (κ3) is 3.60. The highest BCUT2D eigenvalue weighted by atomic mass is 32.2. The molecular weight excluding hydrogens is 306 g/mol. The molecule has 0 aliphatic heterocycles. The van der Waals surface area contributed by atoms with E-state index in [4.69, 9.17) is 5.14 Å². The number of hydrogen-bond acceptors (Lipinski definition) is 6. The van der Waals surface area contributed by atoms with Crippen LogP contribution in [-0.4, -0.2) is 19.3 Å². The molecule has 0 unspecified atom stereocenters. The Balaban J connectivity index is 1.99. The fourth-order valence-corrected chi connectivity index (χ4v) is 3.64. The number of primary sulfonamides is 1. The molecule has 0 aromatic carbocycles. The molecule has 0 aliphatic rings. The minimum Gasteiger partial charge on any atom is -0.346 e. The first-order valence-corrected chi connectivity index (χ1v) is 8.42. The molecule has 2 aromatic heterocycles. The van der Waals surface area contributed by atoms with Crippen LogP contribution in [0, 0.1) is 6.92 Å². The van der Waals surface area contributed by atoms with Crippen molar-refractivity contribution in [2.75, 3.05) is 0 Å². The Hall–Kier alpha value is -1.29. The highest BCUT2D eigenvalue weighted by Gasteiger charge is 2.13. The van der Waals surface area contributed by atoms with Crippen molar-refractivity contribution < 1.29 is 13.2 Å². The summed E-state index contributed by atoms with van der Waals surface area (Å²) in [7, 11) is -3.67. The SMILES string of the molecule is Cc1nc(C(=O)NCc2ccc(S(N)(=O)=O)s2)cs1. The van der Waals surface area contributed by atoms with Gasteiger partial charge in [-0.05, 0) is 19.1 Å². The van der Waals surface area contributed by atoms with Gasteiger partial charge in [0, 0.05) is 10.3 Å². The molecule has 0 aliphatic carbocycles. The average Bonchev–Trinajstić information content (AvgIpc) is 2.93. The van der Waals surface area contributed by atoms with Crippen molar-refractivity contribution in [3.05, 3.63) is 33.1 Å². The van der Waals surface area contributed by atoms with Crippen molar-refractivity contribution in [1.29, 1.82) is 0 Å². The summed E-state index contributed by atoms with van der Waals surface area (Å²) in [6, 6.07) is 3.05. The second kappa shape index (κ2) is 5.37. The van der Waals surface area contributed by atoms with Gasteiger partial charge in [0.05, 0.1) is 11.6 Å². The van der Waals surface area contributed by atoms with Gasteiger partial charge in [-0.1, -0.05) is 0 Å². The zero-order chi connectivity index (χ0) is 14.0. The largest absolute Gasteiger partial charge is 0.346 e. The summed E-state index contributed by atoms with van der Waals surface area (Å²) < 4.78 is 22.3. The van der Waals surface area contributed by atoms with Crippen LogP contribution in [0.1, 0.15) is 20.4 Å². The summed E-state index contributed by atoms with van der Waals surface area (Å²) in [4.78, 5) is 16.5. The number of thiophene rings is 1. The van der Waals surface area contributed by atoms with Crippen LogP contribution in [-0.2, 0) is 16.6 Å². The molecule has 2 aromatic rings. The van der Waals surface area contributed by atoms with E-state index in [1.54, 1.807) is 11.4 Å². The monoisotopic (exact) mass is 317 g/mol. The first-order chi connectivity index (χ1) is 8.86. The van der Waals surface area contributed by atoms with Gasteiger partial charge >= 0.3 is 0 Å². The van der Waals surface area contributed by atoms with Crippen LogP contribution in [0.3, 0.4) is 0 Å². The Morgan fingerprint density at radius 1 is 1.47 bits per heavy atom. The number of nitrogens with two attached hydrogens (primary N) is 1. The summed E-state index contributed by atoms with van der Waals surface area (Å²) in [5.41, 5.74) is 0.366. The highest BCUT2D eigenvalue weighted by Crippen LogP contribution is 2.20. The number of aromatic nitrogens is 1. The predicted molar refractivity (Wildman–Crippen MR) is 73.7 cm³/mol. The second-order valence-corrected chi connectivity index (χ2v) is 7.72. The fourth-order valence-electron chi connectivity index (χ4n) is 1.33. The summed E-state index contributed by atoms with van der Waals surface area (Å²) in [5, 5.41) is 10.2.